The van der Waals surface area contributed by atoms with E-state index in [-0.39, 0.29) is 30.4 Å². The number of ether oxygens (including phenoxy) is 2. The molecule has 0 spiro atoms. The van der Waals surface area contributed by atoms with Crippen molar-refractivity contribution in [1.29, 1.82) is 0 Å². The van der Waals surface area contributed by atoms with Gasteiger partial charge in [0.15, 0.2) is 10.6 Å². The Morgan fingerprint density at radius 3 is 2.33 bits per heavy atom. The zero-order valence-electron chi connectivity index (χ0n) is 27.5. The molecule has 3 atom stereocenters. The van der Waals surface area contributed by atoms with E-state index in [1.807, 2.05) is 84.9 Å². The highest BCUT2D eigenvalue weighted by Gasteiger charge is 2.32. The van der Waals surface area contributed by atoms with E-state index in [1.54, 1.807) is 23.1 Å². The van der Waals surface area contributed by atoms with Gasteiger partial charge in [0.2, 0.25) is 0 Å². The number of nitrogens with one attached hydrogen (secondary N) is 1. The minimum absolute atomic E-state index is 0.0000424. The smallest absolute Gasteiger partial charge is 0.271 e. The maximum absolute atomic E-state index is 13.0. The highest BCUT2D eigenvalue weighted by atomic mass is 32.2. The molecule has 8 rings (SSSR count). The van der Waals surface area contributed by atoms with Crippen molar-refractivity contribution in [2.45, 2.75) is 42.4 Å². The van der Waals surface area contributed by atoms with Gasteiger partial charge in [0.1, 0.15) is 5.69 Å². The summed E-state index contributed by atoms with van der Waals surface area (Å²) in [4.78, 5) is 26.7. The molecule has 1 aliphatic rings. The molecule has 1 aliphatic heterocycles. The summed E-state index contributed by atoms with van der Waals surface area (Å²) >= 11 is 3.42. The SMILES string of the molecule is O=C(NCc1ccccc1-c1ccc([C@@H]2O[C@H](CSc3nc4ccccc4s3)C[C@H](c3ccc(CO)cc3)O2)cc1)c1cnc2ccccc2n1. The molecule has 0 saturated carbocycles. The molecule has 1 saturated heterocycles. The van der Waals surface area contributed by atoms with Gasteiger partial charge in [0, 0.05) is 24.3 Å². The lowest BCUT2D eigenvalue weighted by Crippen LogP contribution is -2.31. The third kappa shape index (κ3) is 7.56. The Balaban J connectivity index is 0.985. The first-order valence-corrected chi connectivity index (χ1v) is 18.6. The Hall–Kier alpha value is -4.97. The fourth-order valence-electron chi connectivity index (χ4n) is 6.21. The number of carbonyl (C=O) groups is 1. The van der Waals surface area contributed by atoms with Crippen molar-refractivity contribution in [1.82, 2.24) is 20.3 Å². The van der Waals surface area contributed by atoms with Gasteiger partial charge in [-0.3, -0.25) is 9.78 Å². The van der Waals surface area contributed by atoms with Crippen LogP contribution in [0.5, 0.6) is 0 Å². The Morgan fingerprint density at radius 1 is 0.804 bits per heavy atom. The Morgan fingerprint density at radius 2 is 1.53 bits per heavy atom. The summed E-state index contributed by atoms with van der Waals surface area (Å²) in [6.07, 6.45) is 1.41. The van der Waals surface area contributed by atoms with Crippen LogP contribution in [0.2, 0.25) is 0 Å². The first kappa shape index (κ1) is 33.2. The van der Waals surface area contributed by atoms with Crippen LogP contribution in [-0.4, -0.2) is 37.8 Å². The Labute approximate surface area is 303 Å². The fourth-order valence-corrected chi connectivity index (χ4v) is 8.32. The van der Waals surface area contributed by atoms with E-state index in [9.17, 15) is 9.90 Å². The topological polar surface area (TPSA) is 106 Å². The lowest BCUT2D eigenvalue weighted by Gasteiger charge is -2.36. The zero-order valence-corrected chi connectivity index (χ0v) is 29.1. The minimum Gasteiger partial charge on any atom is -0.392 e. The normalized spacial score (nSPS) is 17.5. The number of carbonyl (C=O) groups excluding carboxylic acids is 1. The quantitative estimate of drug-likeness (QED) is 0.136. The van der Waals surface area contributed by atoms with Gasteiger partial charge in [-0.25, -0.2) is 9.97 Å². The number of benzene rings is 5. The van der Waals surface area contributed by atoms with Crippen molar-refractivity contribution < 1.29 is 19.4 Å². The van der Waals surface area contributed by atoms with Gasteiger partial charge < -0.3 is 19.9 Å². The van der Waals surface area contributed by atoms with Crippen molar-refractivity contribution in [3.63, 3.8) is 0 Å². The van der Waals surface area contributed by atoms with Crippen LogP contribution in [-0.2, 0) is 22.6 Å². The van der Waals surface area contributed by atoms with Gasteiger partial charge in [-0.2, -0.15) is 0 Å². The summed E-state index contributed by atoms with van der Waals surface area (Å²) < 4.78 is 15.4. The Bertz CT molecular complexity index is 2260. The highest BCUT2D eigenvalue weighted by molar-refractivity contribution is 8.01. The summed E-state index contributed by atoms with van der Waals surface area (Å²) in [5, 5.41) is 12.6. The average molecular weight is 711 g/mol. The second kappa shape index (κ2) is 15.1. The maximum Gasteiger partial charge on any atom is 0.271 e. The summed E-state index contributed by atoms with van der Waals surface area (Å²) in [6.45, 7) is 0.338. The van der Waals surface area contributed by atoms with Crippen molar-refractivity contribution in [3.05, 3.63) is 155 Å². The third-order valence-corrected chi connectivity index (χ3v) is 11.2. The number of nitrogens with zero attached hydrogens (tertiary/aromatic N) is 3. The highest BCUT2D eigenvalue weighted by Crippen LogP contribution is 2.41. The van der Waals surface area contributed by atoms with Crippen molar-refractivity contribution in [2.75, 3.05) is 5.75 Å². The number of amides is 1. The van der Waals surface area contributed by atoms with Gasteiger partial charge in [-0.15, -0.1) is 11.3 Å². The summed E-state index contributed by atoms with van der Waals surface area (Å²) in [5.41, 5.74) is 8.58. The molecule has 0 bridgehead atoms. The van der Waals surface area contributed by atoms with Crippen LogP contribution in [0, 0.1) is 0 Å². The molecule has 8 nitrogen and oxygen atoms in total. The van der Waals surface area contributed by atoms with Crippen molar-refractivity contribution >= 4 is 50.3 Å². The molecule has 0 unspecified atom stereocenters. The van der Waals surface area contributed by atoms with E-state index < -0.39 is 6.29 Å². The number of hydrogen-bond acceptors (Lipinski definition) is 9. The first-order valence-electron chi connectivity index (χ1n) is 16.8. The second-order valence-electron chi connectivity index (χ2n) is 12.3. The lowest BCUT2D eigenvalue weighted by molar-refractivity contribution is -0.245. The average Bonchev–Trinajstić information content (AvgIpc) is 3.62. The number of aliphatic hydroxyl groups is 1. The maximum atomic E-state index is 13.0. The minimum atomic E-state index is -0.561. The lowest BCUT2D eigenvalue weighted by atomic mass is 9.97. The van der Waals surface area contributed by atoms with Gasteiger partial charge >= 0.3 is 0 Å². The molecule has 0 radical (unpaired) electrons. The molecule has 3 heterocycles. The predicted octanol–water partition coefficient (Wildman–Crippen LogP) is 8.67. The van der Waals surface area contributed by atoms with E-state index in [4.69, 9.17) is 14.5 Å². The molecule has 5 aromatic carbocycles. The largest absolute Gasteiger partial charge is 0.392 e. The second-order valence-corrected chi connectivity index (χ2v) is 14.6. The summed E-state index contributed by atoms with van der Waals surface area (Å²) in [7, 11) is 0. The zero-order chi connectivity index (χ0) is 34.6. The van der Waals surface area contributed by atoms with Gasteiger partial charge in [-0.05, 0) is 52.1 Å². The summed E-state index contributed by atoms with van der Waals surface area (Å²) in [5.74, 6) is 0.466. The van der Waals surface area contributed by atoms with Crippen molar-refractivity contribution in [2.24, 2.45) is 0 Å². The van der Waals surface area contributed by atoms with E-state index in [0.717, 1.165) is 54.5 Å². The van der Waals surface area contributed by atoms with Gasteiger partial charge in [-0.1, -0.05) is 109 Å². The van der Waals surface area contributed by atoms with Gasteiger partial charge in [0.05, 0.1) is 46.3 Å². The van der Waals surface area contributed by atoms with Gasteiger partial charge in [0.25, 0.3) is 5.91 Å². The first-order chi connectivity index (χ1) is 25.1. The van der Waals surface area contributed by atoms with Crippen LogP contribution in [0.3, 0.4) is 0 Å². The molecule has 2 aromatic heterocycles. The van der Waals surface area contributed by atoms with Crippen LogP contribution in [0.25, 0.3) is 32.4 Å². The molecule has 10 heteroatoms. The predicted molar refractivity (Wildman–Crippen MR) is 201 cm³/mol. The van der Waals surface area contributed by atoms with E-state index in [1.165, 1.54) is 10.9 Å². The monoisotopic (exact) mass is 710 g/mol. The van der Waals surface area contributed by atoms with Crippen molar-refractivity contribution in [3.8, 4) is 11.1 Å². The number of thiazole rings is 1. The molecule has 2 N–H and O–H groups in total. The molecule has 7 aromatic rings. The van der Waals surface area contributed by atoms with Crippen LogP contribution >= 0.6 is 23.1 Å². The van der Waals surface area contributed by atoms with Crippen LogP contribution in [0.15, 0.2) is 132 Å². The Kier molecular flexibility index (Phi) is 9.83. The van der Waals surface area contributed by atoms with Crippen LogP contribution < -0.4 is 5.32 Å². The number of fused-ring (bicyclic) bond motifs is 2. The standard InChI is InChI=1S/C41H34N4O4S2/c46-24-26-13-15-28(16-14-26)37-21-31(25-50-41-45-35-11-5-6-12-38(35)51-41)48-40(49-37)29-19-17-27(18-20-29)32-8-2-1-7-30(32)22-43-39(47)36-23-42-33-9-3-4-10-34(33)44-36/h1-20,23,31,37,40,46H,21-22,24-25H2,(H,43,47)/t31-,37+,40+/m0/s1. The van der Waals surface area contributed by atoms with E-state index in [2.05, 4.69) is 51.7 Å². The molecule has 0 aliphatic carbocycles. The molecule has 51 heavy (non-hydrogen) atoms. The molecule has 254 valence electrons. The molecule has 1 fully saturated rings. The van der Waals surface area contributed by atoms with Crippen LogP contribution in [0.1, 0.15) is 51.6 Å². The molecular weight excluding hydrogens is 677 g/mol. The van der Waals surface area contributed by atoms with Crippen LogP contribution in [0.4, 0.5) is 0 Å². The van der Waals surface area contributed by atoms with E-state index >= 15 is 0 Å². The number of hydrogen-bond donors (Lipinski definition) is 2. The third-order valence-electron chi connectivity index (χ3n) is 8.91. The number of thioether (sulfide) groups is 1. The summed E-state index contributed by atoms with van der Waals surface area (Å²) in [6, 6.07) is 39.9. The molecular formula is C41H34N4O4S2. The van der Waals surface area contributed by atoms with E-state index in [0.29, 0.717) is 18.5 Å². The fraction of sp³-hybridized carbons (Fsp3) is 0.171. The number of para-hydroxylation sites is 3. The number of aromatic nitrogens is 3. The molecule has 1 amide bonds. The number of rotatable bonds is 10. The number of aliphatic hydroxyl groups excluding tert-OH is 1.